The summed E-state index contributed by atoms with van der Waals surface area (Å²) in [7, 11) is 3.03. The average Bonchev–Trinajstić information content (AvgIpc) is 2.84. The van der Waals surface area contributed by atoms with E-state index in [1.54, 1.807) is 11.7 Å². The topological polar surface area (TPSA) is 97.1 Å². The van der Waals surface area contributed by atoms with Gasteiger partial charge in [-0.3, -0.25) is 13.9 Å². The Balaban J connectivity index is 2.99. The Morgan fingerprint density at radius 3 is 2.57 bits per heavy atom. The molecule has 2 aromatic heterocycles. The van der Waals surface area contributed by atoms with Gasteiger partial charge in [0.05, 0.1) is 0 Å². The first-order valence-electron chi connectivity index (χ1n) is 6.87. The third kappa shape index (κ3) is 2.30. The van der Waals surface area contributed by atoms with Crippen molar-refractivity contribution in [3.63, 3.8) is 0 Å². The number of rotatable bonds is 5. The number of ether oxygens (including phenoxy) is 1. The number of aromatic nitrogens is 4. The Bertz CT molecular complexity index is 771. The van der Waals surface area contributed by atoms with Gasteiger partial charge in [0.1, 0.15) is 12.4 Å². The Morgan fingerprint density at radius 1 is 1.38 bits per heavy atom. The van der Waals surface area contributed by atoms with Crippen molar-refractivity contribution in [3.8, 4) is 0 Å². The highest BCUT2D eigenvalue weighted by Gasteiger charge is 2.22. The molecule has 2 aromatic rings. The smallest absolute Gasteiger partial charge is 0.332 e. The molecule has 1 atom stereocenters. The molecule has 2 rings (SSSR count). The zero-order chi connectivity index (χ0) is 15.7. The summed E-state index contributed by atoms with van der Waals surface area (Å²) in [5.41, 5.74) is 5.78. The molecule has 8 nitrogen and oxygen atoms in total. The number of nitrogens with two attached hydrogens (primary N) is 1. The SMILES string of the molecule is CCn1c(=O)n(C)c(=O)c2c1nc(COC)n2C(C)CN. The second-order valence-corrected chi connectivity index (χ2v) is 4.98. The normalized spacial score (nSPS) is 13.0. The Hall–Kier alpha value is -1.93. The van der Waals surface area contributed by atoms with Crippen LogP contribution in [0, 0.1) is 0 Å². The van der Waals surface area contributed by atoms with Crippen LogP contribution >= 0.6 is 0 Å². The fourth-order valence-corrected chi connectivity index (χ4v) is 2.47. The van der Waals surface area contributed by atoms with Gasteiger partial charge >= 0.3 is 5.69 Å². The van der Waals surface area contributed by atoms with Crippen LogP contribution in [0.4, 0.5) is 0 Å². The molecule has 2 N–H and O–H groups in total. The zero-order valence-corrected chi connectivity index (χ0v) is 12.8. The quantitative estimate of drug-likeness (QED) is 0.808. The van der Waals surface area contributed by atoms with Gasteiger partial charge in [0.15, 0.2) is 11.2 Å². The molecule has 0 aliphatic carbocycles. The summed E-state index contributed by atoms with van der Waals surface area (Å²) in [6, 6.07) is -0.115. The molecule has 0 aromatic carbocycles. The number of hydrogen-bond acceptors (Lipinski definition) is 5. The number of methoxy groups -OCH3 is 1. The lowest BCUT2D eigenvalue weighted by molar-refractivity contribution is 0.173. The highest BCUT2D eigenvalue weighted by molar-refractivity contribution is 5.71. The average molecular weight is 295 g/mol. The van der Waals surface area contributed by atoms with E-state index in [0.717, 1.165) is 4.57 Å². The van der Waals surface area contributed by atoms with E-state index in [1.807, 2.05) is 13.8 Å². The van der Waals surface area contributed by atoms with Crippen molar-refractivity contribution in [2.24, 2.45) is 12.8 Å². The Morgan fingerprint density at radius 2 is 2.05 bits per heavy atom. The van der Waals surface area contributed by atoms with E-state index in [9.17, 15) is 9.59 Å². The minimum absolute atomic E-state index is 0.115. The van der Waals surface area contributed by atoms with Crippen molar-refractivity contribution >= 4 is 11.2 Å². The fraction of sp³-hybridized carbons (Fsp3) is 0.615. The molecule has 0 aliphatic heterocycles. The molecule has 0 aliphatic rings. The second kappa shape index (κ2) is 5.82. The van der Waals surface area contributed by atoms with Crippen LogP contribution in [0.1, 0.15) is 25.7 Å². The third-order valence-electron chi connectivity index (χ3n) is 3.62. The van der Waals surface area contributed by atoms with E-state index in [1.165, 1.54) is 11.6 Å². The van der Waals surface area contributed by atoms with Gasteiger partial charge in [-0.05, 0) is 13.8 Å². The van der Waals surface area contributed by atoms with Crippen molar-refractivity contribution in [3.05, 3.63) is 26.7 Å². The number of nitrogens with zero attached hydrogens (tertiary/aromatic N) is 4. The van der Waals surface area contributed by atoms with E-state index in [2.05, 4.69) is 4.98 Å². The van der Waals surface area contributed by atoms with E-state index in [-0.39, 0.29) is 23.9 Å². The van der Waals surface area contributed by atoms with Gasteiger partial charge in [-0.1, -0.05) is 0 Å². The standard InChI is InChI=1S/C13H21N5O3/c1-5-17-11-10(12(19)16(3)13(17)20)18(8(2)6-14)9(15-11)7-21-4/h8H,5-7,14H2,1-4H3. The van der Waals surface area contributed by atoms with Crippen molar-refractivity contribution in [1.29, 1.82) is 0 Å². The predicted molar refractivity (Wildman–Crippen MR) is 79.4 cm³/mol. The summed E-state index contributed by atoms with van der Waals surface area (Å²) in [4.78, 5) is 29.1. The largest absolute Gasteiger partial charge is 0.377 e. The molecule has 8 heteroatoms. The molecule has 0 bridgehead atoms. The molecule has 0 saturated heterocycles. The third-order valence-corrected chi connectivity index (χ3v) is 3.62. The summed E-state index contributed by atoms with van der Waals surface area (Å²) < 4.78 is 9.50. The molecule has 0 fully saturated rings. The minimum Gasteiger partial charge on any atom is -0.377 e. The molecule has 2 heterocycles. The van der Waals surface area contributed by atoms with Gasteiger partial charge in [-0.15, -0.1) is 0 Å². The second-order valence-electron chi connectivity index (χ2n) is 4.98. The van der Waals surface area contributed by atoms with Crippen LogP contribution in [0.15, 0.2) is 9.59 Å². The van der Waals surface area contributed by atoms with E-state index in [0.29, 0.717) is 30.1 Å². The van der Waals surface area contributed by atoms with Crippen molar-refractivity contribution in [2.75, 3.05) is 13.7 Å². The Kier molecular flexibility index (Phi) is 4.29. The molecular weight excluding hydrogens is 274 g/mol. The lowest BCUT2D eigenvalue weighted by Gasteiger charge is -2.15. The van der Waals surface area contributed by atoms with E-state index >= 15 is 0 Å². The maximum Gasteiger partial charge on any atom is 0.332 e. The van der Waals surface area contributed by atoms with Crippen LogP contribution < -0.4 is 17.0 Å². The molecule has 0 radical (unpaired) electrons. The molecule has 0 amide bonds. The van der Waals surface area contributed by atoms with Gasteiger partial charge in [0.25, 0.3) is 5.56 Å². The van der Waals surface area contributed by atoms with Crippen LogP contribution in [-0.2, 0) is 24.9 Å². The van der Waals surface area contributed by atoms with E-state index < -0.39 is 0 Å². The van der Waals surface area contributed by atoms with Crippen LogP contribution in [0.3, 0.4) is 0 Å². The maximum absolute atomic E-state index is 12.5. The summed E-state index contributed by atoms with van der Waals surface area (Å²) in [6.07, 6.45) is 0. The molecule has 21 heavy (non-hydrogen) atoms. The maximum atomic E-state index is 12.5. The first kappa shape index (κ1) is 15.5. The molecule has 1 unspecified atom stereocenters. The number of aryl methyl sites for hydroxylation is 1. The molecule has 0 spiro atoms. The summed E-state index contributed by atoms with van der Waals surface area (Å²) in [5, 5.41) is 0. The monoisotopic (exact) mass is 295 g/mol. The summed E-state index contributed by atoms with van der Waals surface area (Å²) >= 11 is 0. The molecular formula is C13H21N5O3. The first-order chi connectivity index (χ1) is 9.97. The Labute approximate surface area is 121 Å². The van der Waals surface area contributed by atoms with Crippen molar-refractivity contribution < 1.29 is 4.74 Å². The fourth-order valence-electron chi connectivity index (χ4n) is 2.47. The summed E-state index contributed by atoms with van der Waals surface area (Å²) in [5.74, 6) is 0.593. The lowest BCUT2D eigenvalue weighted by Crippen LogP contribution is -2.38. The van der Waals surface area contributed by atoms with Crippen LogP contribution in [0.2, 0.25) is 0 Å². The highest BCUT2D eigenvalue weighted by atomic mass is 16.5. The number of hydrogen-bond donors (Lipinski definition) is 1. The van der Waals surface area contributed by atoms with Gasteiger partial charge in [-0.25, -0.2) is 9.78 Å². The zero-order valence-electron chi connectivity index (χ0n) is 12.8. The number of fused-ring (bicyclic) bond motifs is 1. The highest BCUT2D eigenvalue weighted by Crippen LogP contribution is 2.18. The minimum atomic E-state index is -0.371. The van der Waals surface area contributed by atoms with Gasteiger partial charge < -0.3 is 15.0 Å². The number of imidazole rings is 1. The van der Waals surface area contributed by atoms with Crippen molar-refractivity contribution in [2.45, 2.75) is 33.0 Å². The van der Waals surface area contributed by atoms with Gasteiger partial charge in [0.2, 0.25) is 0 Å². The van der Waals surface area contributed by atoms with Crippen LogP contribution in [-0.4, -0.2) is 32.3 Å². The van der Waals surface area contributed by atoms with Crippen LogP contribution in [0.25, 0.3) is 11.2 Å². The van der Waals surface area contributed by atoms with Crippen LogP contribution in [0.5, 0.6) is 0 Å². The van der Waals surface area contributed by atoms with E-state index in [4.69, 9.17) is 10.5 Å². The predicted octanol–water partition coefficient (Wildman–Crippen LogP) is -0.417. The lowest BCUT2D eigenvalue weighted by atomic mass is 10.3. The first-order valence-corrected chi connectivity index (χ1v) is 6.87. The van der Waals surface area contributed by atoms with Gasteiger partial charge in [-0.2, -0.15) is 0 Å². The molecule has 0 saturated carbocycles. The van der Waals surface area contributed by atoms with Crippen molar-refractivity contribution in [1.82, 2.24) is 18.7 Å². The van der Waals surface area contributed by atoms with Gasteiger partial charge in [0, 0.05) is 33.3 Å². The summed E-state index contributed by atoms with van der Waals surface area (Å²) in [6.45, 7) is 4.79. The molecule has 116 valence electrons.